The van der Waals surface area contributed by atoms with Crippen LogP contribution in [0.5, 0.6) is 5.75 Å². The second-order valence-corrected chi connectivity index (χ2v) is 6.08. The number of nitrogens with zero attached hydrogens (tertiary/aromatic N) is 3. The van der Waals surface area contributed by atoms with Gasteiger partial charge < -0.3 is 14.1 Å². The lowest BCUT2D eigenvalue weighted by Crippen LogP contribution is -2.37. The molecule has 128 valence electrons. The Morgan fingerprint density at radius 1 is 1.33 bits per heavy atom. The summed E-state index contributed by atoms with van der Waals surface area (Å²) in [5.74, 6) is 2.40. The molecule has 0 aliphatic carbocycles. The lowest BCUT2D eigenvalue weighted by atomic mass is 9.96. The third kappa shape index (κ3) is 3.58. The Kier molecular flexibility index (Phi) is 5.13. The molecule has 1 fully saturated rings. The molecule has 0 unspecified atom stereocenters. The molecular formula is C18H23N3O3. The molecule has 0 saturated carbocycles. The van der Waals surface area contributed by atoms with Crippen LogP contribution in [0.4, 0.5) is 0 Å². The summed E-state index contributed by atoms with van der Waals surface area (Å²) >= 11 is 0. The van der Waals surface area contributed by atoms with Crippen molar-refractivity contribution < 1.29 is 13.9 Å². The molecule has 1 amide bonds. The van der Waals surface area contributed by atoms with Gasteiger partial charge in [0.1, 0.15) is 5.75 Å². The molecule has 0 spiro atoms. The first-order valence-corrected chi connectivity index (χ1v) is 8.47. The van der Waals surface area contributed by atoms with Gasteiger partial charge in [0.25, 0.3) is 0 Å². The fourth-order valence-electron chi connectivity index (χ4n) is 3.02. The SMILES string of the molecule is CCCC(=O)N1CCC(c2nnc(-c3cccc(OC)c3)o2)CC1. The van der Waals surface area contributed by atoms with E-state index in [1.165, 1.54) is 0 Å². The molecule has 3 rings (SSSR count). The summed E-state index contributed by atoms with van der Waals surface area (Å²) in [5.41, 5.74) is 0.851. The number of methoxy groups -OCH3 is 1. The van der Waals surface area contributed by atoms with Gasteiger partial charge in [0, 0.05) is 31.0 Å². The normalized spacial score (nSPS) is 15.5. The summed E-state index contributed by atoms with van der Waals surface area (Å²) < 4.78 is 11.1. The van der Waals surface area contributed by atoms with Crippen LogP contribution >= 0.6 is 0 Å². The fraction of sp³-hybridized carbons (Fsp3) is 0.500. The van der Waals surface area contributed by atoms with Gasteiger partial charge in [0.05, 0.1) is 7.11 Å². The van der Waals surface area contributed by atoms with E-state index in [1.54, 1.807) is 7.11 Å². The molecule has 0 bridgehead atoms. The molecule has 1 aliphatic heterocycles. The van der Waals surface area contributed by atoms with E-state index in [4.69, 9.17) is 9.15 Å². The van der Waals surface area contributed by atoms with Crippen LogP contribution in [0.2, 0.25) is 0 Å². The van der Waals surface area contributed by atoms with Crippen LogP contribution < -0.4 is 4.74 Å². The van der Waals surface area contributed by atoms with Crippen LogP contribution in [0, 0.1) is 0 Å². The molecule has 6 nitrogen and oxygen atoms in total. The number of ether oxygens (including phenoxy) is 1. The van der Waals surface area contributed by atoms with Gasteiger partial charge in [-0.1, -0.05) is 13.0 Å². The highest BCUT2D eigenvalue weighted by Gasteiger charge is 2.27. The van der Waals surface area contributed by atoms with Gasteiger partial charge in [-0.2, -0.15) is 0 Å². The highest BCUT2D eigenvalue weighted by molar-refractivity contribution is 5.76. The molecular weight excluding hydrogens is 306 g/mol. The number of aromatic nitrogens is 2. The highest BCUT2D eigenvalue weighted by atomic mass is 16.5. The van der Waals surface area contributed by atoms with Crippen molar-refractivity contribution in [3.05, 3.63) is 30.2 Å². The van der Waals surface area contributed by atoms with E-state index in [9.17, 15) is 4.79 Å². The number of benzene rings is 1. The van der Waals surface area contributed by atoms with Gasteiger partial charge in [0.2, 0.25) is 17.7 Å². The quantitative estimate of drug-likeness (QED) is 0.842. The standard InChI is InChI=1S/C18H23N3O3/c1-3-5-16(22)21-10-8-13(9-11-21)17-19-20-18(24-17)14-6-4-7-15(12-14)23-2/h4,6-7,12-13H,3,5,8-11H2,1-2H3. The third-order valence-corrected chi connectivity index (χ3v) is 4.42. The first-order valence-electron chi connectivity index (χ1n) is 8.47. The minimum Gasteiger partial charge on any atom is -0.497 e. The van der Waals surface area contributed by atoms with Crippen molar-refractivity contribution in [1.29, 1.82) is 0 Å². The van der Waals surface area contributed by atoms with Crippen LogP contribution in [0.1, 0.15) is 44.4 Å². The van der Waals surface area contributed by atoms with E-state index in [2.05, 4.69) is 10.2 Å². The second-order valence-electron chi connectivity index (χ2n) is 6.08. The minimum absolute atomic E-state index is 0.225. The van der Waals surface area contributed by atoms with Gasteiger partial charge in [-0.3, -0.25) is 4.79 Å². The summed E-state index contributed by atoms with van der Waals surface area (Å²) in [6.07, 6.45) is 3.27. The minimum atomic E-state index is 0.225. The maximum absolute atomic E-state index is 12.0. The molecule has 6 heteroatoms. The Morgan fingerprint density at radius 3 is 2.83 bits per heavy atom. The van der Waals surface area contributed by atoms with E-state index in [0.717, 1.165) is 43.7 Å². The van der Waals surface area contributed by atoms with Crippen LogP contribution in [-0.2, 0) is 4.79 Å². The Balaban J connectivity index is 1.65. The van der Waals surface area contributed by atoms with Gasteiger partial charge in [-0.25, -0.2) is 0 Å². The summed E-state index contributed by atoms with van der Waals surface area (Å²) in [4.78, 5) is 13.9. The molecule has 1 saturated heterocycles. The average molecular weight is 329 g/mol. The number of hydrogen-bond donors (Lipinski definition) is 0. The maximum atomic E-state index is 12.0. The number of carbonyl (C=O) groups excluding carboxylic acids is 1. The summed E-state index contributed by atoms with van der Waals surface area (Å²) in [5, 5.41) is 8.38. The van der Waals surface area contributed by atoms with Crippen molar-refractivity contribution in [2.45, 2.75) is 38.5 Å². The lowest BCUT2D eigenvalue weighted by Gasteiger charge is -2.30. The van der Waals surface area contributed by atoms with Crippen molar-refractivity contribution in [1.82, 2.24) is 15.1 Å². The van der Waals surface area contributed by atoms with Crippen LogP contribution in [-0.4, -0.2) is 41.2 Å². The Labute approximate surface area is 141 Å². The van der Waals surface area contributed by atoms with E-state index in [-0.39, 0.29) is 11.8 Å². The van der Waals surface area contributed by atoms with E-state index in [1.807, 2.05) is 36.1 Å². The fourth-order valence-corrected chi connectivity index (χ4v) is 3.02. The Morgan fingerprint density at radius 2 is 2.12 bits per heavy atom. The predicted molar refractivity (Wildman–Crippen MR) is 89.7 cm³/mol. The summed E-state index contributed by atoms with van der Waals surface area (Å²) in [7, 11) is 1.63. The molecule has 1 aliphatic rings. The summed E-state index contributed by atoms with van der Waals surface area (Å²) in [6, 6.07) is 7.58. The van der Waals surface area contributed by atoms with Gasteiger partial charge in [-0.15, -0.1) is 10.2 Å². The number of carbonyl (C=O) groups is 1. The number of piperidine rings is 1. The lowest BCUT2D eigenvalue weighted by molar-refractivity contribution is -0.132. The molecule has 2 heterocycles. The number of hydrogen-bond acceptors (Lipinski definition) is 5. The molecule has 2 aromatic rings. The largest absolute Gasteiger partial charge is 0.497 e. The van der Waals surface area contributed by atoms with Crippen molar-refractivity contribution >= 4 is 5.91 Å². The molecule has 0 radical (unpaired) electrons. The monoisotopic (exact) mass is 329 g/mol. The van der Waals surface area contributed by atoms with Crippen LogP contribution in [0.15, 0.2) is 28.7 Å². The van der Waals surface area contributed by atoms with Crippen molar-refractivity contribution in [2.24, 2.45) is 0 Å². The average Bonchev–Trinajstić information content (AvgIpc) is 3.12. The molecule has 1 aromatic heterocycles. The second kappa shape index (κ2) is 7.47. The topological polar surface area (TPSA) is 68.5 Å². The van der Waals surface area contributed by atoms with E-state index < -0.39 is 0 Å². The van der Waals surface area contributed by atoms with E-state index >= 15 is 0 Å². The highest BCUT2D eigenvalue weighted by Crippen LogP contribution is 2.30. The Hall–Kier alpha value is -2.37. The van der Waals surface area contributed by atoms with Crippen LogP contribution in [0.25, 0.3) is 11.5 Å². The van der Waals surface area contributed by atoms with E-state index in [0.29, 0.717) is 18.2 Å². The molecule has 0 atom stereocenters. The zero-order chi connectivity index (χ0) is 16.9. The number of likely N-dealkylation sites (tertiary alicyclic amines) is 1. The predicted octanol–water partition coefficient (Wildman–Crippen LogP) is 3.25. The van der Waals surface area contributed by atoms with Crippen molar-refractivity contribution in [3.8, 4) is 17.2 Å². The first kappa shape index (κ1) is 16.5. The smallest absolute Gasteiger partial charge is 0.247 e. The molecule has 1 aromatic carbocycles. The van der Waals surface area contributed by atoms with Gasteiger partial charge >= 0.3 is 0 Å². The van der Waals surface area contributed by atoms with Gasteiger partial charge in [-0.05, 0) is 37.5 Å². The number of amides is 1. The molecule has 0 N–H and O–H groups in total. The Bertz CT molecular complexity index is 690. The van der Waals surface area contributed by atoms with Crippen LogP contribution in [0.3, 0.4) is 0 Å². The number of rotatable bonds is 5. The van der Waals surface area contributed by atoms with Gasteiger partial charge in [0.15, 0.2) is 0 Å². The summed E-state index contributed by atoms with van der Waals surface area (Å²) in [6.45, 7) is 3.56. The van der Waals surface area contributed by atoms with Crippen molar-refractivity contribution in [3.63, 3.8) is 0 Å². The zero-order valence-corrected chi connectivity index (χ0v) is 14.2. The first-order chi connectivity index (χ1) is 11.7. The third-order valence-electron chi connectivity index (χ3n) is 4.42. The maximum Gasteiger partial charge on any atom is 0.247 e. The zero-order valence-electron chi connectivity index (χ0n) is 14.2. The van der Waals surface area contributed by atoms with Crippen molar-refractivity contribution in [2.75, 3.05) is 20.2 Å². The molecule has 24 heavy (non-hydrogen) atoms.